The number of pyridine rings is 1. The fourth-order valence-corrected chi connectivity index (χ4v) is 4.08. The second-order valence-corrected chi connectivity index (χ2v) is 8.57. The van der Waals surface area contributed by atoms with Crippen molar-refractivity contribution in [3.8, 4) is 17.7 Å². The number of ether oxygens (including phenoxy) is 2. The number of carbonyl (C=O) groups excluding carboxylic acids is 1. The largest absolute Gasteiger partial charge is 0.481 e. The molecule has 6 heteroatoms. The van der Waals surface area contributed by atoms with Crippen molar-refractivity contribution >= 4 is 22.7 Å². The fourth-order valence-electron chi connectivity index (χ4n) is 4.08. The Hall–Kier alpha value is -4.37. The Morgan fingerprint density at radius 1 is 1.06 bits per heavy atom. The first-order chi connectivity index (χ1) is 16.9. The van der Waals surface area contributed by atoms with Crippen LogP contribution in [0.3, 0.4) is 0 Å². The van der Waals surface area contributed by atoms with Crippen LogP contribution in [0.25, 0.3) is 10.9 Å². The summed E-state index contributed by atoms with van der Waals surface area (Å²) in [5, 5.41) is 13.9. The minimum Gasteiger partial charge on any atom is -0.481 e. The number of anilines is 1. The van der Waals surface area contributed by atoms with Gasteiger partial charge in [0.05, 0.1) is 24.1 Å². The fraction of sp³-hybridized carbons (Fsp3) is 0.207. The molecule has 35 heavy (non-hydrogen) atoms. The van der Waals surface area contributed by atoms with Crippen molar-refractivity contribution in [2.45, 2.75) is 32.1 Å². The molecule has 1 N–H and O–H groups in total. The Morgan fingerprint density at radius 3 is 2.57 bits per heavy atom. The van der Waals surface area contributed by atoms with Crippen LogP contribution < -0.4 is 14.8 Å². The topological polar surface area (TPSA) is 84.2 Å². The first-order valence-electron chi connectivity index (χ1n) is 11.5. The normalized spacial score (nSPS) is 12.4. The summed E-state index contributed by atoms with van der Waals surface area (Å²) < 4.78 is 10.8. The molecule has 1 unspecified atom stereocenters. The van der Waals surface area contributed by atoms with Gasteiger partial charge in [-0.2, -0.15) is 5.26 Å². The summed E-state index contributed by atoms with van der Waals surface area (Å²) in [5.41, 5.74) is 3.42. The molecule has 4 aromatic rings. The van der Waals surface area contributed by atoms with Gasteiger partial charge in [0.15, 0.2) is 0 Å². The smallest absolute Gasteiger partial charge is 0.417 e. The van der Waals surface area contributed by atoms with Crippen LogP contribution in [0, 0.1) is 11.3 Å². The van der Waals surface area contributed by atoms with Crippen molar-refractivity contribution in [3.63, 3.8) is 0 Å². The van der Waals surface area contributed by atoms with Crippen molar-refractivity contribution in [2.24, 2.45) is 0 Å². The number of methoxy groups -OCH3 is 1. The lowest BCUT2D eigenvalue weighted by molar-refractivity contribution is 0.215. The number of carbonyl (C=O) groups is 1. The maximum absolute atomic E-state index is 12.3. The zero-order chi connectivity index (χ0) is 24.8. The van der Waals surface area contributed by atoms with E-state index < -0.39 is 11.5 Å². The summed E-state index contributed by atoms with van der Waals surface area (Å²) in [5.74, 6) is 1.07. The first-order valence-corrected chi connectivity index (χ1v) is 11.5. The molecule has 176 valence electrons. The van der Waals surface area contributed by atoms with Crippen LogP contribution in [0.5, 0.6) is 11.6 Å². The number of nitrogens with zero attached hydrogens (tertiary/aromatic N) is 2. The van der Waals surface area contributed by atoms with E-state index in [2.05, 4.69) is 29.4 Å². The standard InChI is InChI=1S/C29H27N3O3/c1-4-21-16-22-13-14-23(17-26(22)32-27(21)34-3)29(2,19-30)18-20-9-8-10-24(15-20)31-28(33)35-25-11-6-5-7-12-25/h5-17H,4,18H2,1-3H3,(H,31,33). The molecule has 4 rings (SSSR count). The predicted octanol–water partition coefficient (Wildman–Crippen LogP) is 6.44. The highest BCUT2D eigenvalue weighted by Gasteiger charge is 2.28. The third-order valence-corrected chi connectivity index (χ3v) is 6.00. The van der Waals surface area contributed by atoms with E-state index >= 15 is 0 Å². The van der Waals surface area contributed by atoms with Crippen LogP contribution >= 0.6 is 0 Å². The summed E-state index contributed by atoms with van der Waals surface area (Å²) in [6.45, 7) is 3.98. The number of fused-ring (bicyclic) bond motifs is 1. The molecule has 0 radical (unpaired) electrons. The van der Waals surface area contributed by atoms with E-state index in [0.29, 0.717) is 23.7 Å². The number of hydrogen-bond acceptors (Lipinski definition) is 5. The van der Waals surface area contributed by atoms with E-state index in [0.717, 1.165) is 34.0 Å². The third kappa shape index (κ3) is 5.42. The van der Waals surface area contributed by atoms with Gasteiger partial charge in [-0.15, -0.1) is 0 Å². The van der Waals surface area contributed by atoms with Gasteiger partial charge >= 0.3 is 6.09 Å². The first kappa shape index (κ1) is 23.8. The number of nitrogens with one attached hydrogen (secondary N) is 1. The Labute approximate surface area is 205 Å². The second-order valence-electron chi connectivity index (χ2n) is 8.57. The summed E-state index contributed by atoms with van der Waals surface area (Å²) in [4.78, 5) is 16.9. The van der Waals surface area contributed by atoms with Crippen LogP contribution in [0.1, 0.15) is 30.5 Å². The third-order valence-electron chi connectivity index (χ3n) is 6.00. The van der Waals surface area contributed by atoms with Gasteiger partial charge in [-0.3, -0.25) is 5.32 Å². The number of benzene rings is 3. The molecular formula is C29H27N3O3. The summed E-state index contributed by atoms with van der Waals surface area (Å²) >= 11 is 0. The van der Waals surface area contributed by atoms with Crippen molar-refractivity contribution in [3.05, 3.63) is 95.6 Å². The van der Waals surface area contributed by atoms with E-state index in [-0.39, 0.29) is 0 Å². The Balaban J connectivity index is 1.56. The van der Waals surface area contributed by atoms with Crippen LogP contribution in [0.15, 0.2) is 78.9 Å². The maximum atomic E-state index is 12.3. The van der Waals surface area contributed by atoms with E-state index in [1.54, 1.807) is 37.4 Å². The quantitative estimate of drug-likeness (QED) is 0.339. The van der Waals surface area contributed by atoms with Crippen LogP contribution in [-0.4, -0.2) is 18.2 Å². The summed E-state index contributed by atoms with van der Waals surface area (Å²) in [7, 11) is 1.62. The van der Waals surface area contributed by atoms with Gasteiger partial charge in [-0.05, 0) is 67.3 Å². The molecule has 1 aromatic heterocycles. The van der Waals surface area contributed by atoms with Crippen LogP contribution in [-0.2, 0) is 18.3 Å². The Kier molecular flexibility index (Phi) is 6.98. The Morgan fingerprint density at radius 2 is 1.86 bits per heavy atom. The molecule has 0 saturated carbocycles. The molecule has 0 fully saturated rings. The molecule has 0 aliphatic carbocycles. The molecular weight excluding hydrogens is 438 g/mol. The summed E-state index contributed by atoms with van der Waals surface area (Å²) in [6.07, 6.45) is 0.715. The Bertz CT molecular complexity index is 1400. The van der Waals surface area contributed by atoms with Gasteiger partial charge < -0.3 is 9.47 Å². The van der Waals surface area contributed by atoms with Crippen molar-refractivity contribution in [1.29, 1.82) is 5.26 Å². The number of nitriles is 1. The highest BCUT2D eigenvalue weighted by molar-refractivity contribution is 5.86. The SMILES string of the molecule is CCc1cc2ccc(C(C)(C#N)Cc3cccc(NC(=O)Oc4ccccc4)c3)cc2nc1OC. The van der Waals surface area contributed by atoms with Crippen molar-refractivity contribution in [2.75, 3.05) is 12.4 Å². The lowest BCUT2D eigenvalue weighted by Crippen LogP contribution is -2.23. The van der Waals surface area contributed by atoms with E-state index in [1.165, 1.54) is 0 Å². The van der Waals surface area contributed by atoms with Gasteiger partial charge in [-0.1, -0.05) is 49.4 Å². The molecule has 1 heterocycles. The zero-order valence-electron chi connectivity index (χ0n) is 20.0. The molecule has 3 aromatic carbocycles. The molecule has 0 aliphatic rings. The molecule has 1 atom stereocenters. The molecule has 0 bridgehead atoms. The molecule has 1 amide bonds. The van der Waals surface area contributed by atoms with Gasteiger partial charge in [0.2, 0.25) is 5.88 Å². The molecule has 0 aliphatic heterocycles. The maximum Gasteiger partial charge on any atom is 0.417 e. The number of para-hydroxylation sites is 1. The highest BCUT2D eigenvalue weighted by atomic mass is 16.6. The number of rotatable bonds is 7. The average Bonchev–Trinajstić information content (AvgIpc) is 2.88. The van der Waals surface area contributed by atoms with Crippen LogP contribution in [0.4, 0.5) is 10.5 Å². The minimum absolute atomic E-state index is 0.461. The van der Waals surface area contributed by atoms with E-state index in [1.807, 2.05) is 49.4 Å². The van der Waals surface area contributed by atoms with E-state index in [9.17, 15) is 10.1 Å². The number of aromatic nitrogens is 1. The second kappa shape index (κ2) is 10.3. The lowest BCUT2D eigenvalue weighted by atomic mass is 9.78. The van der Waals surface area contributed by atoms with E-state index in [4.69, 9.17) is 9.47 Å². The molecule has 0 spiro atoms. The monoisotopic (exact) mass is 465 g/mol. The van der Waals surface area contributed by atoms with Crippen molar-refractivity contribution in [1.82, 2.24) is 4.98 Å². The van der Waals surface area contributed by atoms with Gasteiger partial charge in [-0.25, -0.2) is 9.78 Å². The van der Waals surface area contributed by atoms with Gasteiger partial charge in [0.25, 0.3) is 0 Å². The minimum atomic E-state index is -0.796. The number of aryl methyl sites for hydroxylation is 1. The van der Waals surface area contributed by atoms with Crippen molar-refractivity contribution < 1.29 is 14.3 Å². The number of hydrogen-bond donors (Lipinski definition) is 1. The predicted molar refractivity (Wildman–Crippen MR) is 137 cm³/mol. The lowest BCUT2D eigenvalue weighted by Gasteiger charge is -2.23. The average molecular weight is 466 g/mol. The molecule has 0 saturated heterocycles. The van der Waals surface area contributed by atoms with Crippen LogP contribution in [0.2, 0.25) is 0 Å². The summed E-state index contributed by atoms with van der Waals surface area (Å²) in [6, 6.07) is 26.8. The van der Waals surface area contributed by atoms with Gasteiger partial charge in [0, 0.05) is 16.6 Å². The van der Waals surface area contributed by atoms with Gasteiger partial charge in [0.1, 0.15) is 5.75 Å². The highest BCUT2D eigenvalue weighted by Crippen LogP contribution is 2.32. The number of amides is 1. The zero-order valence-corrected chi connectivity index (χ0v) is 20.0. The molecule has 6 nitrogen and oxygen atoms in total.